The number of hydrogen-bond donors (Lipinski definition) is 1. The summed E-state index contributed by atoms with van der Waals surface area (Å²) in [6.07, 6.45) is 4.87. The lowest BCUT2D eigenvalue weighted by atomic mass is 9.88. The molecule has 0 bridgehead atoms. The molecule has 1 atom stereocenters. The molecule has 0 aliphatic rings. The van der Waals surface area contributed by atoms with Crippen molar-refractivity contribution in [2.75, 3.05) is 19.8 Å². The van der Waals surface area contributed by atoms with Gasteiger partial charge in [-0.15, -0.1) is 0 Å². The summed E-state index contributed by atoms with van der Waals surface area (Å²) in [5.74, 6) is 0. The lowest BCUT2D eigenvalue weighted by Gasteiger charge is -2.35. The molecule has 0 spiro atoms. The lowest BCUT2D eigenvalue weighted by Crippen LogP contribution is -2.33. The summed E-state index contributed by atoms with van der Waals surface area (Å²) >= 11 is 0. The number of unbranched alkanes of at least 4 members (excludes halogenated alkanes) is 3. The van der Waals surface area contributed by atoms with Crippen molar-refractivity contribution < 1.29 is 9.05 Å². The van der Waals surface area contributed by atoms with Crippen LogP contribution in [-0.4, -0.2) is 36.5 Å². The Hall–Kier alpha value is -2.84. The number of hydrogen-bond acceptors (Lipinski definition) is 5. The van der Waals surface area contributed by atoms with Crippen LogP contribution in [0.2, 0.25) is 0 Å². The van der Waals surface area contributed by atoms with Crippen molar-refractivity contribution in [1.82, 2.24) is 9.99 Å². The minimum atomic E-state index is -1.14. The van der Waals surface area contributed by atoms with E-state index in [1.165, 1.54) is 55.1 Å². The van der Waals surface area contributed by atoms with Crippen molar-refractivity contribution in [1.29, 1.82) is 5.26 Å². The van der Waals surface area contributed by atoms with E-state index in [9.17, 15) is 0 Å². The first-order chi connectivity index (χ1) is 20.5. The molecule has 0 aliphatic heterocycles. The molecule has 5 rings (SSSR count). The smallest absolute Gasteiger partial charge is 0.259 e. The van der Waals surface area contributed by atoms with Crippen LogP contribution in [0.15, 0.2) is 66.7 Å². The van der Waals surface area contributed by atoms with Gasteiger partial charge in [0, 0.05) is 18.6 Å². The third kappa shape index (κ3) is 6.70. The molecule has 0 saturated heterocycles. The highest BCUT2D eigenvalue weighted by atomic mass is 31.2. The Labute approximate surface area is 252 Å². The Kier molecular flexibility index (Phi) is 10.6. The van der Waals surface area contributed by atoms with Gasteiger partial charge in [0.15, 0.2) is 0 Å². The van der Waals surface area contributed by atoms with Crippen LogP contribution in [0.3, 0.4) is 0 Å². The summed E-state index contributed by atoms with van der Waals surface area (Å²) in [5, 5.41) is 23.4. The maximum absolute atomic E-state index is 8.89. The van der Waals surface area contributed by atoms with Gasteiger partial charge in [0.1, 0.15) is 0 Å². The van der Waals surface area contributed by atoms with E-state index in [0.29, 0.717) is 31.7 Å². The van der Waals surface area contributed by atoms with Gasteiger partial charge in [0.25, 0.3) is 8.53 Å². The highest BCUT2D eigenvalue weighted by molar-refractivity contribution is 7.44. The first-order valence-electron chi connectivity index (χ1n) is 15.5. The molecule has 0 aromatic heterocycles. The van der Waals surface area contributed by atoms with E-state index >= 15 is 0 Å². The molecule has 1 N–H and O–H groups in total. The average Bonchev–Trinajstić information content (AvgIpc) is 2.98. The molecule has 0 amide bonds. The van der Waals surface area contributed by atoms with Crippen molar-refractivity contribution in [2.24, 2.45) is 0 Å². The van der Waals surface area contributed by atoms with E-state index in [-0.39, 0.29) is 0 Å². The molecule has 6 heteroatoms. The molecule has 0 radical (unpaired) electrons. The summed E-state index contributed by atoms with van der Waals surface area (Å²) in [6.45, 7) is 11.7. The van der Waals surface area contributed by atoms with E-state index < -0.39 is 8.53 Å². The van der Waals surface area contributed by atoms with E-state index in [1.807, 2.05) is 0 Å². The fraction of sp³-hybridized carbons (Fsp3) is 0.417. The van der Waals surface area contributed by atoms with Crippen LogP contribution >= 0.6 is 8.53 Å². The molecular weight excluding hydrogens is 537 g/mol. The largest absolute Gasteiger partial charge is 0.322 e. The number of nitrogens with one attached hydrogen (secondary N) is 1. The Morgan fingerprint density at radius 1 is 0.714 bits per heavy atom. The van der Waals surface area contributed by atoms with Gasteiger partial charge in [-0.2, -0.15) is 5.26 Å². The Bertz CT molecular complexity index is 1590. The number of nitriles is 1. The quantitative estimate of drug-likeness (QED) is 0.0544. The van der Waals surface area contributed by atoms with E-state index in [4.69, 9.17) is 14.3 Å². The Balaban J connectivity index is 1.12. The van der Waals surface area contributed by atoms with Crippen molar-refractivity contribution in [3.8, 4) is 6.07 Å². The van der Waals surface area contributed by atoms with Gasteiger partial charge in [-0.1, -0.05) is 79.6 Å². The second kappa shape index (κ2) is 14.6. The van der Waals surface area contributed by atoms with Crippen LogP contribution in [0.25, 0.3) is 43.1 Å². The maximum atomic E-state index is 8.89. The van der Waals surface area contributed by atoms with Crippen LogP contribution in [0.5, 0.6) is 0 Å². The molecule has 0 saturated carbocycles. The van der Waals surface area contributed by atoms with Gasteiger partial charge in [-0.3, -0.25) is 0 Å². The highest BCUT2D eigenvalue weighted by Crippen LogP contribution is 2.46. The number of rotatable bonds is 16. The fourth-order valence-electron chi connectivity index (χ4n) is 6.24. The molecular formula is C36H44N3O2P. The normalized spacial score (nSPS) is 13.0. The minimum absolute atomic E-state index is 0.331. The SMILES string of the molecule is CC(C)N(C(C)C)P(OCCC#N)OCCCCCCNCc1ccc2c3cccc4cccc(c5cccc1c52)c43. The second-order valence-corrected chi connectivity index (χ2v) is 13.1. The van der Waals surface area contributed by atoms with Gasteiger partial charge in [0.05, 0.1) is 25.7 Å². The van der Waals surface area contributed by atoms with Crippen molar-refractivity contribution in [3.63, 3.8) is 0 Å². The van der Waals surface area contributed by atoms with E-state index in [0.717, 1.165) is 32.4 Å². The summed E-state index contributed by atoms with van der Waals surface area (Å²) < 4.78 is 14.5. The van der Waals surface area contributed by atoms with Crippen LogP contribution in [0.1, 0.15) is 65.4 Å². The lowest BCUT2D eigenvalue weighted by molar-refractivity contribution is 0.174. The zero-order valence-corrected chi connectivity index (χ0v) is 26.4. The molecule has 5 aromatic rings. The molecule has 0 aliphatic carbocycles. The Morgan fingerprint density at radius 3 is 2.00 bits per heavy atom. The molecule has 0 fully saturated rings. The monoisotopic (exact) mass is 581 g/mol. The van der Waals surface area contributed by atoms with Crippen LogP contribution in [-0.2, 0) is 15.6 Å². The van der Waals surface area contributed by atoms with Gasteiger partial charge in [-0.25, -0.2) is 4.67 Å². The standard InChI is InChI=1S/C36H44N3O2P/c1-26(2)39(27(3)4)42(41-24-12-21-37)40-23-8-6-5-7-22-38-25-29-19-20-34-32-17-10-14-28-13-9-16-31(35(28)32)33-18-11-15-30(29)36(33)34/h9-11,13-20,26-27,38H,5-8,12,22-25H2,1-4H3. The zero-order valence-electron chi connectivity index (χ0n) is 25.5. The van der Waals surface area contributed by atoms with Gasteiger partial charge < -0.3 is 14.4 Å². The first-order valence-corrected chi connectivity index (χ1v) is 16.6. The first kappa shape index (κ1) is 30.6. The summed E-state index contributed by atoms with van der Waals surface area (Å²) in [7, 11) is -1.14. The predicted octanol–water partition coefficient (Wildman–Crippen LogP) is 9.68. The third-order valence-corrected chi connectivity index (χ3v) is 10.2. The van der Waals surface area contributed by atoms with Crippen molar-refractivity contribution in [3.05, 3.63) is 72.3 Å². The van der Waals surface area contributed by atoms with Crippen molar-refractivity contribution in [2.45, 2.75) is 78.4 Å². The van der Waals surface area contributed by atoms with Crippen molar-refractivity contribution >= 4 is 51.6 Å². The molecule has 42 heavy (non-hydrogen) atoms. The number of fused-ring (bicyclic) bond motifs is 2. The maximum Gasteiger partial charge on any atom is 0.259 e. The topological polar surface area (TPSA) is 57.5 Å². The second-order valence-electron chi connectivity index (χ2n) is 11.7. The van der Waals surface area contributed by atoms with Crippen LogP contribution in [0.4, 0.5) is 0 Å². The number of benzene rings is 5. The van der Waals surface area contributed by atoms with Gasteiger partial charge in [0.2, 0.25) is 0 Å². The Morgan fingerprint density at radius 2 is 1.31 bits per heavy atom. The summed E-state index contributed by atoms with van der Waals surface area (Å²) in [5.41, 5.74) is 1.36. The molecule has 0 heterocycles. The average molecular weight is 582 g/mol. The van der Waals surface area contributed by atoms with E-state index in [1.54, 1.807) is 0 Å². The molecule has 220 valence electrons. The third-order valence-electron chi connectivity index (χ3n) is 8.04. The highest BCUT2D eigenvalue weighted by Gasteiger charge is 2.26. The van der Waals surface area contributed by atoms with Gasteiger partial charge in [-0.05, 0) is 95.7 Å². The molecule has 5 nitrogen and oxygen atoms in total. The molecule has 1 unspecified atom stereocenters. The number of nitrogens with zero attached hydrogens (tertiary/aromatic N) is 2. The van der Waals surface area contributed by atoms with Crippen LogP contribution in [0, 0.1) is 11.3 Å². The summed E-state index contributed by atoms with van der Waals surface area (Å²) in [4.78, 5) is 0. The predicted molar refractivity (Wildman–Crippen MR) is 179 cm³/mol. The fourth-order valence-corrected chi connectivity index (χ4v) is 7.87. The van der Waals surface area contributed by atoms with E-state index in [2.05, 4.69) is 110 Å². The van der Waals surface area contributed by atoms with Gasteiger partial charge >= 0.3 is 0 Å². The summed E-state index contributed by atoms with van der Waals surface area (Å²) in [6, 6.07) is 27.6. The zero-order chi connectivity index (χ0) is 29.5. The minimum Gasteiger partial charge on any atom is -0.322 e. The molecule has 5 aromatic carbocycles. The van der Waals surface area contributed by atoms with Crippen LogP contribution < -0.4 is 5.32 Å².